The van der Waals surface area contributed by atoms with Gasteiger partial charge in [-0.2, -0.15) is 0 Å². The molecule has 21 heavy (non-hydrogen) atoms. The van der Waals surface area contributed by atoms with E-state index >= 15 is 0 Å². The third-order valence-electron chi connectivity index (χ3n) is 4.69. The summed E-state index contributed by atoms with van der Waals surface area (Å²) in [5.74, 6) is -0.228. The molecule has 1 saturated carbocycles. The number of carboxylic acid groups (broad SMARTS) is 1. The fourth-order valence-corrected chi connectivity index (χ4v) is 3.49. The van der Waals surface area contributed by atoms with Gasteiger partial charge in [0.2, 0.25) is 0 Å². The molecule has 0 aromatic heterocycles. The van der Waals surface area contributed by atoms with Gasteiger partial charge in [0.25, 0.3) is 0 Å². The van der Waals surface area contributed by atoms with Crippen molar-refractivity contribution < 1.29 is 19.4 Å². The molecule has 114 valence electrons. The topological polar surface area (TPSA) is 55.8 Å². The first kappa shape index (κ1) is 14.4. The Morgan fingerprint density at radius 3 is 2.86 bits per heavy atom. The highest BCUT2D eigenvalue weighted by Gasteiger charge is 2.40. The summed E-state index contributed by atoms with van der Waals surface area (Å²) in [4.78, 5) is 11.1. The minimum absolute atomic E-state index is 0.0151. The van der Waals surface area contributed by atoms with Crippen molar-refractivity contribution in [2.75, 3.05) is 6.61 Å². The van der Waals surface area contributed by atoms with Crippen molar-refractivity contribution in [3.63, 3.8) is 0 Å². The minimum atomic E-state index is -0.918. The Hall–Kier alpha value is -1.55. The van der Waals surface area contributed by atoms with Crippen LogP contribution in [0.25, 0.3) is 0 Å². The first-order valence-electron chi connectivity index (χ1n) is 7.73. The average molecular weight is 290 g/mol. The average Bonchev–Trinajstić information content (AvgIpc) is 2.89. The third kappa shape index (κ3) is 3.05. The summed E-state index contributed by atoms with van der Waals surface area (Å²) < 4.78 is 12.1. The fraction of sp³-hybridized carbons (Fsp3) is 0.588. The van der Waals surface area contributed by atoms with E-state index in [0.717, 1.165) is 37.9 Å². The van der Waals surface area contributed by atoms with Gasteiger partial charge in [0.15, 0.2) is 0 Å². The van der Waals surface area contributed by atoms with Crippen LogP contribution in [0.3, 0.4) is 0 Å². The second-order valence-electron chi connectivity index (χ2n) is 6.26. The maximum absolute atomic E-state index is 11.1. The van der Waals surface area contributed by atoms with E-state index in [4.69, 9.17) is 14.6 Å². The normalized spacial score (nSPS) is 24.1. The van der Waals surface area contributed by atoms with Gasteiger partial charge in [-0.05, 0) is 37.5 Å². The third-order valence-corrected chi connectivity index (χ3v) is 4.69. The fourth-order valence-electron chi connectivity index (χ4n) is 3.49. The van der Waals surface area contributed by atoms with Crippen molar-refractivity contribution >= 4 is 5.97 Å². The molecular formula is C17H22O4. The number of aromatic carboxylic acids is 1. The predicted octanol–water partition coefficient (Wildman–Crippen LogP) is 3.56. The van der Waals surface area contributed by atoms with Gasteiger partial charge in [-0.1, -0.05) is 18.9 Å². The number of carbonyl (C=O) groups is 1. The monoisotopic (exact) mass is 290 g/mol. The van der Waals surface area contributed by atoms with Crippen LogP contribution in [-0.2, 0) is 4.74 Å². The molecule has 3 rings (SSSR count). The van der Waals surface area contributed by atoms with Gasteiger partial charge in [-0.15, -0.1) is 0 Å². The predicted molar refractivity (Wildman–Crippen MR) is 78.9 cm³/mol. The SMILES string of the molecule is Cc1ccc(C(=O)O)cc1OC1CCOC2(CCCC2)C1. The maximum Gasteiger partial charge on any atom is 0.335 e. The number of ether oxygens (including phenoxy) is 2. The molecule has 1 spiro atoms. The highest BCUT2D eigenvalue weighted by Crippen LogP contribution is 2.41. The number of benzene rings is 1. The molecule has 2 aliphatic rings. The van der Waals surface area contributed by atoms with E-state index in [-0.39, 0.29) is 17.3 Å². The van der Waals surface area contributed by atoms with E-state index in [1.807, 2.05) is 13.0 Å². The molecule has 2 fully saturated rings. The van der Waals surface area contributed by atoms with Crippen LogP contribution in [-0.4, -0.2) is 29.4 Å². The molecule has 4 heteroatoms. The first-order chi connectivity index (χ1) is 10.1. The smallest absolute Gasteiger partial charge is 0.335 e. The summed E-state index contributed by atoms with van der Waals surface area (Å²) in [7, 11) is 0. The second kappa shape index (κ2) is 5.68. The molecule has 1 aromatic carbocycles. The lowest BCUT2D eigenvalue weighted by atomic mass is 9.90. The van der Waals surface area contributed by atoms with Crippen molar-refractivity contribution in [3.05, 3.63) is 29.3 Å². The van der Waals surface area contributed by atoms with Crippen molar-refractivity contribution in [1.82, 2.24) is 0 Å². The minimum Gasteiger partial charge on any atom is -0.490 e. The summed E-state index contributed by atoms with van der Waals surface area (Å²) in [6.45, 7) is 2.69. The molecule has 4 nitrogen and oxygen atoms in total. The van der Waals surface area contributed by atoms with E-state index in [1.54, 1.807) is 12.1 Å². The zero-order chi connectivity index (χ0) is 14.9. The maximum atomic E-state index is 11.1. The molecule has 1 N–H and O–H groups in total. The van der Waals surface area contributed by atoms with Crippen LogP contribution in [0.2, 0.25) is 0 Å². The number of hydrogen-bond donors (Lipinski definition) is 1. The van der Waals surface area contributed by atoms with Crippen molar-refractivity contribution in [3.8, 4) is 5.75 Å². The molecule has 0 radical (unpaired) electrons. The second-order valence-corrected chi connectivity index (χ2v) is 6.26. The van der Waals surface area contributed by atoms with Crippen LogP contribution in [0.4, 0.5) is 0 Å². The summed E-state index contributed by atoms with van der Waals surface area (Å²) in [6.07, 6.45) is 6.64. The zero-order valence-corrected chi connectivity index (χ0v) is 12.4. The Labute approximate surface area is 125 Å². The van der Waals surface area contributed by atoms with E-state index in [1.165, 1.54) is 12.8 Å². The highest BCUT2D eigenvalue weighted by atomic mass is 16.5. The van der Waals surface area contributed by atoms with Gasteiger partial charge in [0, 0.05) is 12.8 Å². The van der Waals surface area contributed by atoms with E-state index in [2.05, 4.69) is 0 Å². The standard InChI is InChI=1S/C17H22O4/c1-12-4-5-13(16(18)19)10-15(12)21-14-6-9-20-17(11-14)7-2-3-8-17/h4-5,10,14H,2-3,6-9,11H2,1H3,(H,18,19). The lowest BCUT2D eigenvalue weighted by Gasteiger charge is -2.38. The molecule has 0 amide bonds. The Morgan fingerprint density at radius 2 is 2.14 bits per heavy atom. The molecular weight excluding hydrogens is 268 g/mol. The van der Waals surface area contributed by atoms with Crippen molar-refractivity contribution in [2.24, 2.45) is 0 Å². The van der Waals surface area contributed by atoms with Crippen LogP contribution < -0.4 is 4.74 Å². The summed E-state index contributed by atoms with van der Waals surface area (Å²) in [5.41, 5.74) is 1.27. The number of carboxylic acids is 1. The molecule has 1 saturated heterocycles. The van der Waals surface area contributed by atoms with Gasteiger partial charge >= 0.3 is 5.97 Å². The first-order valence-corrected chi connectivity index (χ1v) is 7.73. The van der Waals surface area contributed by atoms with Crippen LogP contribution in [0, 0.1) is 6.92 Å². The summed E-state index contributed by atoms with van der Waals surface area (Å²) in [6, 6.07) is 5.06. The Morgan fingerprint density at radius 1 is 1.38 bits per heavy atom. The van der Waals surface area contributed by atoms with E-state index < -0.39 is 5.97 Å². The molecule has 1 heterocycles. The van der Waals surface area contributed by atoms with Crippen LogP contribution in [0.1, 0.15) is 54.4 Å². The lowest BCUT2D eigenvalue weighted by molar-refractivity contribution is -0.108. The Kier molecular flexibility index (Phi) is 3.89. The molecule has 1 aliphatic carbocycles. The van der Waals surface area contributed by atoms with Gasteiger partial charge in [0.1, 0.15) is 11.9 Å². The number of aryl methyl sites for hydroxylation is 1. The molecule has 1 aromatic rings. The Balaban J connectivity index is 1.74. The molecule has 1 aliphatic heterocycles. The largest absolute Gasteiger partial charge is 0.490 e. The molecule has 1 atom stereocenters. The molecule has 0 bridgehead atoms. The number of rotatable bonds is 3. The van der Waals surface area contributed by atoms with Gasteiger partial charge in [-0.3, -0.25) is 0 Å². The zero-order valence-electron chi connectivity index (χ0n) is 12.4. The highest BCUT2D eigenvalue weighted by molar-refractivity contribution is 5.88. The van der Waals surface area contributed by atoms with Gasteiger partial charge < -0.3 is 14.6 Å². The van der Waals surface area contributed by atoms with Crippen molar-refractivity contribution in [1.29, 1.82) is 0 Å². The van der Waals surface area contributed by atoms with E-state index in [9.17, 15) is 4.79 Å². The quantitative estimate of drug-likeness (QED) is 0.924. The summed E-state index contributed by atoms with van der Waals surface area (Å²) in [5, 5.41) is 9.10. The van der Waals surface area contributed by atoms with Crippen molar-refractivity contribution in [2.45, 2.75) is 57.2 Å². The lowest BCUT2D eigenvalue weighted by Crippen LogP contribution is -2.41. The Bertz CT molecular complexity index is 532. The van der Waals surface area contributed by atoms with E-state index in [0.29, 0.717) is 5.75 Å². The van der Waals surface area contributed by atoms with Crippen LogP contribution >= 0.6 is 0 Å². The van der Waals surface area contributed by atoms with Gasteiger partial charge in [-0.25, -0.2) is 4.79 Å². The van der Waals surface area contributed by atoms with Crippen LogP contribution in [0.15, 0.2) is 18.2 Å². The summed E-state index contributed by atoms with van der Waals surface area (Å²) >= 11 is 0. The van der Waals surface area contributed by atoms with Crippen LogP contribution in [0.5, 0.6) is 5.75 Å². The van der Waals surface area contributed by atoms with Gasteiger partial charge in [0.05, 0.1) is 17.8 Å². The molecule has 1 unspecified atom stereocenters. The number of hydrogen-bond acceptors (Lipinski definition) is 3.